The number of fused-ring (bicyclic) bond motifs is 7. The summed E-state index contributed by atoms with van der Waals surface area (Å²) in [4.78, 5) is 9.91. The van der Waals surface area contributed by atoms with Gasteiger partial charge in [-0.3, -0.25) is 0 Å². The number of rotatable bonds is 5. The summed E-state index contributed by atoms with van der Waals surface area (Å²) in [5.74, 6) is 0.863. The molecule has 0 spiro atoms. The van der Waals surface area contributed by atoms with Crippen molar-refractivity contribution in [1.82, 2.24) is 9.55 Å². The molecule has 4 nitrogen and oxygen atoms in total. The summed E-state index contributed by atoms with van der Waals surface area (Å²) in [5, 5.41) is 2.32. The maximum atomic E-state index is 5.01. The fourth-order valence-corrected chi connectivity index (χ4v) is 9.49. The second-order valence-corrected chi connectivity index (χ2v) is 16.2. The van der Waals surface area contributed by atoms with E-state index < -0.39 is 5.41 Å². The van der Waals surface area contributed by atoms with Crippen LogP contribution in [-0.4, -0.2) is 21.8 Å². The van der Waals surface area contributed by atoms with Crippen molar-refractivity contribution in [2.45, 2.75) is 31.7 Å². The summed E-state index contributed by atoms with van der Waals surface area (Å²) >= 11 is 0. The van der Waals surface area contributed by atoms with Crippen LogP contribution in [0.1, 0.15) is 43.0 Å². The molecule has 0 unspecified atom stereocenters. The Morgan fingerprint density at radius 3 is 1.98 bits per heavy atom. The summed E-state index contributed by atoms with van der Waals surface area (Å²) in [6.45, 7) is 7.60. The van der Waals surface area contributed by atoms with Crippen LogP contribution in [0.15, 0.2) is 176 Å². The Bertz CT molecular complexity index is 2970. The Morgan fingerprint density at radius 1 is 0.569 bits per heavy atom. The Hall–Kier alpha value is -6.22. The number of hydrogen-bond donors (Lipinski definition) is 0. The van der Waals surface area contributed by atoms with Crippen LogP contribution < -0.4 is 9.80 Å². The minimum absolute atomic E-state index is 0. The first-order valence-corrected chi connectivity index (χ1v) is 19.8. The summed E-state index contributed by atoms with van der Waals surface area (Å²) in [6.07, 6.45) is 1.92. The van der Waals surface area contributed by atoms with E-state index in [9.17, 15) is 0 Å². The van der Waals surface area contributed by atoms with Gasteiger partial charge in [-0.15, -0.1) is 22.6 Å². The quantitative estimate of drug-likeness (QED) is 0.161. The Labute approximate surface area is 354 Å². The number of pyridine rings is 1. The van der Waals surface area contributed by atoms with Crippen molar-refractivity contribution >= 4 is 38.9 Å². The van der Waals surface area contributed by atoms with Gasteiger partial charge in [-0.2, -0.15) is 36.4 Å². The molecule has 0 saturated carbocycles. The van der Waals surface area contributed by atoms with E-state index in [1.165, 1.54) is 39.0 Å². The molecule has 11 rings (SSSR count). The van der Waals surface area contributed by atoms with Crippen molar-refractivity contribution in [2.75, 3.05) is 16.5 Å². The number of nitrogens with zero attached hydrogens (tertiary/aromatic N) is 4. The van der Waals surface area contributed by atoms with E-state index in [1.807, 2.05) is 6.20 Å². The predicted octanol–water partition coefficient (Wildman–Crippen LogP) is 12.5. The van der Waals surface area contributed by atoms with Gasteiger partial charge in [0.2, 0.25) is 0 Å². The van der Waals surface area contributed by atoms with Gasteiger partial charge in [0.15, 0.2) is 0 Å². The second kappa shape index (κ2) is 13.7. The van der Waals surface area contributed by atoms with Crippen molar-refractivity contribution in [3.63, 3.8) is 0 Å². The van der Waals surface area contributed by atoms with E-state index in [2.05, 4.69) is 217 Å². The molecule has 1 aliphatic heterocycles. The van der Waals surface area contributed by atoms with Crippen molar-refractivity contribution in [1.29, 1.82) is 0 Å². The molecule has 0 fully saturated rings. The molecule has 5 heteroatoms. The predicted molar refractivity (Wildman–Crippen MR) is 235 cm³/mol. The van der Waals surface area contributed by atoms with Crippen LogP contribution in [0.3, 0.4) is 0 Å². The van der Waals surface area contributed by atoms with E-state index in [-0.39, 0.29) is 26.6 Å². The van der Waals surface area contributed by atoms with E-state index in [4.69, 9.17) is 4.98 Å². The third kappa shape index (κ3) is 5.35. The monoisotopic (exact) mass is 927 g/mol. The molecule has 2 aromatic heterocycles. The minimum Gasteiger partial charge on any atom is -0.347 e. The van der Waals surface area contributed by atoms with Crippen molar-refractivity contribution < 1.29 is 21.1 Å². The van der Waals surface area contributed by atoms with Gasteiger partial charge in [0.05, 0.1) is 18.0 Å². The van der Waals surface area contributed by atoms with Crippen LogP contribution in [0, 0.1) is 12.1 Å². The van der Waals surface area contributed by atoms with Gasteiger partial charge in [-0.05, 0) is 89.9 Å². The molecule has 0 saturated heterocycles. The van der Waals surface area contributed by atoms with Gasteiger partial charge in [0.25, 0.3) is 0 Å². The summed E-state index contributed by atoms with van der Waals surface area (Å²) in [7, 11) is 0. The second-order valence-electron chi connectivity index (χ2n) is 16.2. The molecule has 0 atom stereocenters. The average Bonchev–Trinajstić information content (AvgIpc) is 3.91. The molecule has 0 amide bonds. The van der Waals surface area contributed by atoms with Gasteiger partial charge in [-0.25, -0.2) is 4.98 Å². The van der Waals surface area contributed by atoms with Crippen LogP contribution in [-0.2, 0) is 26.5 Å². The largest absolute Gasteiger partial charge is 2.00 e. The Balaban J connectivity index is 0.00000408. The normalized spacial score (nSPS) is 14.0. The molecule has 2 aliphatic rings. The number of para-hydroxylation sites is 3. The van der Waals surface area contributed by atoms with E-state index in [1.54, 1.807) is 0 Å². The third-order valence-electron chi connectivity index (χ3n) is 12.1. The number of aromatic nitrogens is 2. The van der Waals surface area contributed by atoms with E-state index in [0.29, 0.717) is 0 Å². The zero-order valence-corrected chi connectivity index (χ0v) is 34.8. The molecule has 0 bridgehead atoms. The van der Waals surface area contributed by atoms with E-state index >= 15 is 0 Å². The Kier molecular flexibility index (Phi) is 8.55. The van der Waals surface area contributed by atoms with Gasteiger partial charge in [-0.1, -0.05) is 120 Å². The van der Waals surface area contributed by atoms with Crippen LogP contribution in [0.2, 0.25) is 0 Å². The maximum Gasteiger partial charge on any atom is 2.00 e. The molecule has 1 aliphatic carbocycles. The number of anilines is 3. The molecular weight excluding hydrogens is 888 g/mol. The molecule has 9 aromatic rings. The van der Waals surface area contributed by atoms with Gasteiger partial charge in [0.1, 0.15) is 5.82 Å². The number of benzene rings is 7. The van der Waals surface area contributed by atoms with Crippen molar-refractivity contribution in [3.05, 3.63) is 210 Å². The first-order chi connectivity index (χ1) is 27.9. The summed E-state index contributed by atoms with van der Waals surface area (Å²) in [6, 6.07) is 69.5. The smallest absolute Gasteiger partial charge is 0.347 e. The summed E-state index contributed by atoms with van der Waals surface area (Å²) < 4.78 is 2.30. The van der Waals surface area contributed by atoms with Crippen LogP contribution in [0.25, 0.3) is 49.9 Å². The van der Waals surface area contributed by atoms with Gasteiger partial charge in [0, 0.05) is 22.7 Å². The van der Waals surface area contributed by atoms with Crippen LogP contribution >= 0.6 is 0 Å². The first kappa shape index (κ1) is 36.1. The van der Waals surface area contributed by atoms with Crippen molar-refractivity contribution in [3.8, 4) is 28.1 Å². The minimum atomic E-state index is -0.694. The first-order valence-electron chi connectivity index (χ1n) is 19.8. The molecule has 7 aromatic carbocycles. The molecule has 0 radical (unpaired) electrons. The van der Waals surface area contributed by atoms with E-state index in [0.717, 1.165) is 56.8 Å². The topological polar surface area (TPSA) is 24.3 Å². The molecule has 0 N–H and O–H groups in total. The summed E-state index contributed by atoms with van der Waals surface area (Å²) in [5.41, 5.74) is 14.2. The Morgan fingerprint density at radius 2 is 1.22 bits per heavy atom. The molecule has 282 valence electrons. The zero-order valence-electron chi connectivity index (χ0n) is 32.6. The van der Waals surface area contributed by atoms with Crippen molar-refractivity contribution in [2.24, 2.45) is 0 Å². The molecule has 3 heterocycles. The van der Waals surface area contributed by atoms with Crippen LogP contribution in [0.5, 0.6) is 0 Å². The third-order valence-corrected chi connectivity index (χ3v) is 12.1. The fourth-order valence-electron chi connectivity index (χ4n) is 9.49. The van der Waals surface area contributed by atoms with Crippen LogP contribution in [0.4, 0.5) is 17.1 Å². The zero-order chi connectivity index (χ0) is 38.3. The SMILES string of the molecule is CC(C)(C)N1CN(c2[c-]c(C3(c4[c-]c5c(cc4)c4ccccc4n5-c4cc(-c5ccccc5)ccn4)c4ccccc4-c4ccccc43)ccc2)c2ccccc21.[Pt+2]. The average molecular weight is 928 g/mol. The van der Waals surface area contributed by atoms with Gasteiger partial charge < -0.3 is 14.4 Å². The molecular formula is C53H40N4Pt. The van der Waals surface area contributed by atoms with Gasteiger partial charge >= 0.3 is 21.1 Å². The fraction of sp³-hybridized carbons (Fsp3) is 0.113. The molecule has 58 heavy (non-hydrogen) atoms. The maximum absolute atomic E-state index is 5.01. The number of hydrogen-bond acceptors (Lipinski definition) is 3. The standard InChI is InChI=1S/C53H40N4.Pt/c1-52(2,3)56-35-55(48-26-13-14-27-49(48)56)40-19-15-18-38(33-40)53(45-23-10-7-20-41(45)42-21-8-11-24-46(42)53)39-28-29-44-43-22-9-12-25-47(43)57(50(44)34-39)51-32-37(30-31-54-51)36-16-5-4-6-17-36;/h4-32H,35H2,1-3H3;/q-2;+2.